The predicted molar refractivity (Wildman–Crippen MR) is 64.1 cm³/mol. The molecule has 0 bridgehead atoms. The molecule has 90 valence electrons. The molecular formula is C13H11N3O2. The van der Waals surface area contributed by atoms with Gasteiger partial charge in [0.15, 0.2) is 11.5 Å². The normalized spacial score (nSPS) is 9.56. The van der Waals surface area contributed by atoms with Crippen LogP contribution in [0.2, 0.25) is 0 Å². The molecule has 0 radical (unpaired) electrons. The van der Waals surface area contributed by atoms with Crippen LogP contribution >= 0.6 is 0 Å². The third kappa shape index (κ3) is 2.74. The molecule has 5 nitrogen and oxygen atoms in total. The highest BCUT2D eigenvalue weighted by Crippen LogP contribution is 2.28. The van der Waals surface area contributed by atoms with Gasteiger partial charge >= 0.3 is 0 Å². The van der Waals surface area contributed by atoms with E-state index in [1.54, 1.807) is 36.8 Å². The van der Waals surface area contributed by atoms with Crippen LogP contribution in [0.5, 0.6) is 11.5 Å². The smallest absolute Gasteiger partial charge is 0.162 e. The fourth-order valence-corrected chi connectivity index (χ4v) is 1.41. The Morgan fingerprint density at radius 1 is 1.28 bits per heavy atom. The van der Waals surface area contributed by atoms with E-state index in [1.165, 1.54) is 7.11 Å². The monoisotopic (exact) mass is 241 g/mol. The number of aromatic nitrogens is 2. The molecule has 2 aromatic rings. The molecule has 0 atom stereocenters. The van der Waals surface area contributed by atoms with Crippen molar-refractivity contribution in [1.29, 1.82) is 5.26 Å². The molecule has 0 saturated carbocycles. The van der Waals surface area contributed by atoms with Crippen LogP contribution in [0.4, 0.5) is 0 Å². The molecule has 1 heterocycles. The molecule has 1 aromatic heterocycles. The van der Waals surface area contributed by atoms with Gasteiger partial charge in [-0.25, -0.2) is 0 Å². The van der Waals surface area contributed by atoms with Crippen molar-refractivity contribution in [1.82, 2.24) is 9.97 Å². The van der Waals surface area contributed by atoms with Crippen LogP contribution in [-0.2, 0) is 6.61 Å². The summed E-state index contributed by atoms with van der Waals surface area (Å²) in [6, 6.07) is 7.05. The number of nitriles is 1. The molecule has 0 aliphatic heterocycles. The molecule has 0 saturated heterocycles. The third-order valence-corrected chi connectivity index (χ3v) is 2.28. The van der Waals surface area contributed by atoms with E-state index in [0.717, 1.165) is 5.69 Å². The van der Waals surface area contributed by atoms with E-state index in [0.29, 0.717) is 23.7 Å². The van der Waals surface area contributed by atoms with Gasteiger partial charge in [0.25, 0.3) is 0 Å². The molecule has 0 unspecified atom stereocenters. The van der Waals surface area contributed by atoms with E-state index in [-0.39, 0.29) is 0 Å². The summed E-state index contributed by atoms with van der Waals surface area (Å²) in [6.07, 6.45) is 4.84. The predicted octanol–water partition coefficient (Wildman–Crippen LogP) is 1.94. The first-order valence-corrected chi connectivity index (χ1v) is 5.29. The Hall–Kier alpha value is -2.61. The SMILES string of the molecule is COc1cc(C#N)ccc1OCc1cnccn1. The van der Waals surface area contributed by atoms with E-state index in [4.69, 9.17) is 14.7 Å². The summed E-state index contributed by atoms with van der Waals surface area (Å²) in [5.41, 5.74) is 1.25. The van der Waals surface area contributed by atoms with E-state index < -0.39 is 0 Å². The van der Waals surface area contributed by atoms with Gasteiger partial charge in [0.1, 0.15) is 6.61 Å². The van der Waals surface area contributed by atoms with Crippen LogP contribution in [0.15, 0.2) is 36.8 Å². The number of nitrogens with zero attached hydrogens (tertiary/aromatic N) is 3. The summed E-state index contributed by atoms with van der Waals surface area (Å²) in [5, 5.41) is 8.79. The Balaban J connectivity index is 2.12. The van der Waals surface area contributed by atoms with Crippen molar-refractivity contribution in [2.45, 2.75) is 6.61 Å². The molecule has 5 heteroatoms. The molecule has 2 rings (SSSR count). The second-order valence-corrected chi connectivity index (χ2v) is 3.46. The molecule has 0 amide bonds. The molecule has 0 fully saturated rings. The molecule has 18 heavy (non-hydrogen) atoms. The molecule has 1 aromatic carbocycles. The lowest BCUT2D eigenvalue weighted by atomic mass is 10.2. The van der Waals surface area contributed by atoms with Crippen molar-refractivity contribution in [3.05, 3.63) is 48.0 Å². The second kappa shape index (κ2) is 5.64. The number of methoxy groups -OCH3 is 1. The molecule has 0 aliphatic rings. The minimum absolute atomic E-state index is 0.302. The second-order valence-electron chi connectivity index (χ2n) is 3.46. The maximum absolute atomic E-state index is 8.79. The quantitative estimate of drug-likeness (QED) is 0.818. The molecule has 0 spiro atoms. The van der Waals surface area contributed by atoms with Crippen LogP contribution in [0.3, 0.4) is 0 Å². The number of benzene rings is 1. The largest absolute Gasteiger partial charge is 0.493 e. The van der Waals surface area contributed by atoms with Gasteiger partial charge in [-0.3, -0.25) is 9.97 Å². The van der Waals surface area contributed by atoms with Crippen molar-refractivity contribution in [3.63, 3.8) is 0 Å². The van der Waals surface area contributed by atoms with E-state index in [9.17, 15) is 0 Å². The lowest BCUT2D eigenvalue weighted by Gasteiger charge is -2.10. The van der Waals surface area contributed by atoms with Gasteiger partial charge in [0.2, 0.25) is 0 Å². The average Bonchev–Trinajstić information content (AvgIpc) is 2.46. The van der Waals surface area contributed by atoms with Crippen molar-refractivity contribution in [2.75, 3.05) is 7.11 Å². The zero-order valence-electron chi connectivity index (χ0n) is 9.83. The van der Waals surface area contributed by atoms with Crippen LogP contribution in [0, 0.1) is 11.3 Å². The van der Waals surface area contributed by atoms with Gasteiger partial charge in [0.05, 0.1) is 30.6 Å². The summed E-state index contributed by atoms with van der Waals surface area (Å²) in [5.74, 6) is 1.10. The Morgan fingerprint density at radius 3 is 2.83 bits per heavy atom. The first-order valence-electron chi connectivity index (χ1n) is 5.29. The molecular weight excluding hydrogens is 230 g/mol. The highest BCUT2D eigenvalue weighted by Gasteiger charge is 2.06. The van der Waals surface area contributed by atoms with Gasteiger partial charge in [-0.2, -0.15) is 5.26 Å². The Labute approximate surface area is 105 Å². The van der Waals surface area contributed by atoms with E-state index >= 15 is 0 Å². The van der Waals surface area contributed by atoms with Crippen molar-refractivity contribution in [2.24, 2.45) is 0 Å². The lowest BCUT2D eigenvalue weighted by molar-refractivity contribution is 0.280. The maximum atomic E-state index is 8.79. The maximum Gasteiger partial charge on any atom is 0.162 e. The number of ether oxygens (including phenoxy) is 2. The zero-order valence-corrected chi connectivity index (χ0v) is 9.83. The minimum Gasteiger partial charge on any atom is -0.493 e. The summed E-state index contributed by atoms with van der Waals surface area (Å²) >= 11 is 0. The van der Waals surface area contributed by atoms with Crippen LogP contribution < -0.4 is 9.47 Å². The summed E-state index contributed by atoms with van der Waals surface area (Å²) < 4.78 is 10.7. The molecule has 0 N–H and O–H groups in total. The Kier molecular flexibility index (Phi) is 3.72. The fraction of sp³-hybridized carbons (Fsp3) is 0.154. The molecule has 0 aliphatic carbocycles. The fourth-order valence-electron chi connectivity index (χ4n) is 1.41. The number of hydrogen-bond donors (Lipinski definition) is 0. The van der Waals surface area contributed by atoms with Crippen molar-refractivity contribution >= 4 is 0 Å². The van der Waals surface area contributed by atoms with Crippen molar-refractivity contribution < 1.29 is 9.47 Å². The topological polar surface area (TPSA) is 68.0 Å². The summed E-state index contributed by atoms with van der Waals surface area (Å²) in [4.78, 5) is 8.05. The van der Waals surface area contributed by atoms with Crippen molar-refractivity contribution in [3.8, 4) is 17.6 Å². The van der Waals surface area contributed by atoms with Crippen LogP contribution in [0.25, 0.3) is 0 Å². The lowest BCUT2D eigenvalue weighted by Crippen LogP contribution is -2.00. The summed E-state index contributed by atoms with van der Waals surface area (Å²) in [6.45, 7) is 0.302. The van der Waals surface area contributed by atoms with Gasteiger partial charge < -0.3 is 9.47 Å². The first kappa shape index (κ1) is 11.9. The van der Waals surface area contributed by atoms with Gasteiger partial charge in [-0.1, -0.05) is 0 Å². The highest BCUT2D eigenvalue weighted by molar-refractivity contribution is 5.46. The van der Waals surface area contributed by atoms with Crippen LogP contribution in [0.1, 0.15) is 11.3 Å². The Morgan fingerprint density at radius 2 is 2.17 bits per heavy atom. The Bertz CT molecular complexity index is 564. The van der Waals surface area contributed by atoms with Gasteiger partial charge in [-0.15, -0.1) is 0 Å². The highest BCUT2D eigenvalue weighted by atomic mass is 16.5. The van der Waals surface area contributed by atoms with Gasteiger partial charge in [0, 0.05) is 18.5 Å². The first-order chi connectivity index (χ1) is 8.83. The third-order valence-electron chi connectivity index (χ3n) is 2.28. The number of rotatable bonds is 4. The van der Waals surface area contributed by atoms with Crippen LogP contribution in [-0.4, -0.2) is 17.1 Å². The average molecular weight is 241 g/mol. The number of hydrogen-bond acceptors (Lipinski definition) is 5. The standard InChI is InChI=1S/C13H11N3O2/c1-17-13-6-10(7-14)2-3-12(13)18-9-11-8-15-4-5-16-11/h2-6,8H,9H2,1H3. The minimum atomic E-state index is 0.302. The van der Waals surface area contributed by atoms with E-state index in [2.05, 4.69) is 9.97 Å². The van der Waals surface area contributed by atoms with Gasteiger partial charge in [-0.05, 0) is 12.1 Å². The van der Waals surface area contributed by atoms with E-state index in [1.807, 2.05) is 6.07 Å². The summed E-state index contributed by atoms with van der Waals surface area (Å²) in [7, 11) is 1.53. The zero-order chi connectivity index (χ0) is 12.8.